The second kappa shape index (κ2) is 6.17. The second-order valence-corrected chi connectivity index (χ2v) is 5.64. The van der Waals surface area contributed by atoms with Gasteiger partial charge in [-0.2, -0.15) is 0 Å². The normalized spacial score (nSPS) is 19.3. The molecule has 0 bridgehead atoms. The molecule has 1 aliphatic carbocycles. The van der Waals surface area contributed by atoms with Crippen molar-refractivity contribution in [2.24, 2.45) is 5.92 Å². The van der Waals surface area contributed by atoms with E-state index in [-0.39, 0.29) is 5.69 Å². The number of aliphatic hydroxyl groups is 1. The molecule has 1 aromatic heterocycles. The van der Waals surface area contributed by atoms with Gasteiger partial charge >= 0.3 is 5.97 Å². The van der Waals surface area contributed by atoms with E-state index in [0.29, 0.717) is 18.3 Å². The lowest BCUT2D eigenvalue weighted by molar-refractivity contribution is -0.00452. The number of hydrogen-bond acceptors (Lipinski definition) is 5. The fraction of sp³-hybridized carbons (Fsp3) is 0.643. The molecule has 1 atom stereocenters. The highest BCUT2D eigenvalue weighted by Crippen LogP contribution is 2.32. The number of nitrogens with one attached hydrogen (secondary N) is 1. The van der Waals surface area contributed by atoms with Crippen molar-refractivity contribution in [2.75, 3.05) is 11.9 Å². The lowest BCUT2D eigenvalue weighted by Crippen LogP contribution is -2.42. The van der Waals surface area contributed by atoms with Gasteiger partial charge in [0.1, 0.15) is 5.82 Å². The van der Waals surface area contributed by atoms with E-state index in [0.717, 1.165) is 12.8 Å². The Hall–Kier alpha value is -1.69. The number of carboxylic acids is 1. The number of anilines is 1. The number of aromatic carboxylic acids is 1. The van der Waals surface area contributed by atoms with Crippen LogP contribution in [0.25, 0.3) is 0 Å². The van der Waals surface area contributed by atoms with Crippen LogP contribution in [0.2, 0.25) is 0 Å². The van der Waals surface area contributed by atoms with Crippen LogP contribution in [0.3, 0.4) is 0 Å². The van der Waals surface area contributed by atoms with Gasteiger partial charge in [0.2, 0.25) is 0 Å². The van der Waals surface area contributed by atoms with E-state index in [9.17, 15) is 9.90 Å². The Kier molecular flexibility index (Phi) is 4.54. The summed E-state index contributed by atoms with van der Waals surface area (Å²) in [5.74, 6) is -0.320. The quantitative estimate of drug-likeness (QED) is 0.762. The van der Waals surface area contributed by atoms with Crippen LogP contribution in [0.4, 0.5) is 5.82 Å². The lowest BCUT2D eigenvalue weighted by atomic mass is 9.78. The molecule has 0 spiro atoms. The molecule has 1 fully saturated rings. The Morgan fingerprint density at radius 2 is 2.05 bits per heavy atom. The minimum absolute atomic E-state index is 0.0883. The van der Waals surface area contributed by atoms with Gasteiger partial charge < -0.3 is 15.5 Å². The SMILES string of the molecule is CC(O)(CNc1cnc(C(=O)O)cn1)C1CCCCC1. The second-order valence-electron chi connectivity index (χ2n) is 5.64. The third kappa shape index (κ3) is 3.66. The van der Waals surface area contributed by atoms with Crippen molar-refractivity contribution >= 4 is 11.8 Å². The van der Waals surface area contributed by atoms with Crippen LogP contribution in [0, 0.1) is 5.92 Å². The summed E-state index contributed by atoms with van der Waals surface area (Å²) >= 11 is 0. The summed E-state index contributed by atoms with van der Waals surface area (Å²) in [6.45, 7) is 2.23. The van der Waals surface area contributed by atoms with Crippen molar-refractivity contribution in [1.82, 2.24) is 9.97 Å². The molecule has 1 aromatic rings. The number of aromatic nitrogens is 2. The molecule has 1 aliphatic rings. The predicted octanol–water partition coefficient (Wildman–Crippen LogP) is 1.92. The first kappa shape index (κ1) is 14.7. The van der Waals surface area contributed by atoms with Gasteiger partial charge in [-0.15, -0.1) is 0 Å². The molecule has 1 saturated carbocycles. The fourth-order valence-electron chi connectivity index (χ4n) is 2.67. The average molecular weight is 279 g/mol. The highest BCUT2D eigenvalue weighted by molar-refractivity contribution is 5.84. The summed E-state index contributed by atoms with van der Waals surface area (Å²) in [6.07, 6.45) is 8.29. The number of hydrogen-bond donors (Lipinski definition) is 3. The minimum Gasteiger partial charge on any atom is -0.476 e. The topological polar surface area (TPSA) is 95.3 Å². The Balaban J connectivity index is 1.91. The van der Waals surface area contributed by atoms with Crippen molar-refractivity contribution in [3.8, 4) is 0 Å². The number of rotatable bonds is 5. The molecule has 20 heavy (non-hydrogen) atoms. The van der Waals surface area contributed by atoms with Crippen LogP contribution >= 0.6 is 0 Å². The Morgan fingerprint density at radius 3 is 2.60 bits per heavy atom. The maximum atomic E-state index is 10.7. The lowest BCUT2D eigenvalue weighted by Gasteiger charge is -2.35. The zero-order chi connectivity index (χ0) is 14.6. The number of carbonyl (C=O) groups is 1. The molecule has 0 saturated heterocycles. The van der Waals surface area contributed by atoms with E-state index in [4.69, 9.17) is 5.11 Å². The summed E-state index contributed by atoms with van der Waals surface area (Å²) in [7, 11) is 0. The molecule has 0 amide bonds. The summed E-state index contributed by atoms with van der Waals surface area (Å²) in [5.41, 5.74) is -0.872. The molecule has 110 valence electrons. The van der Waals surface area contributed by atoms with E-state index < -0.39 is 11.6 Å². The molecule has 6 nitrogen and oxygen atoms in total. The predicted molar refractivity (Wildman–Crippen MR) is 74.7 cm³/mol. The molecule has 1 unspecified atom stereocenters. The third-order valence-electron chi connectivity index (χ3n) is 3.98. The molecule has 3 N–H and O–H groups in total. The van der Waals surface area contributed by atoms with Gasteiger partial charge in [0.25, 0.3) is 0 Å². The largest absolute Gasteiger partial charge is 0.476 e. The van der Waals surface area contributed by atoms with Crippen LogP contribution in [-0.2, 0) is 0 Å². The number of nitrogens with zero attached hydrogens (tertiary/aromatic N) is 2. The zero-order valence-electron chi connectivity index (χ0n) is 11.7. The summed E-state index contributed by atoms with van der Waals surface area (Å²) in [6, 6.07) is 0. The van der Waals surface area contributed by atoms with Gasteiger partial charge in [-0.25, -0.2) is 14.8 Å². The van der Waals surface area contributed by atoms with E-state index >= 15 is 0 Å². The van der Waals surface area contributed by atoms with Crippen LogP contribution in [0.15, 0.2) is 12.4 Å². The molecule has 0 aliphatic heterocycles. The maximum Gasteiger partial charge on any atom is 0.356 e. The van der Waals surface area contributed by atoms with Gasteiger partial charge in [0.15, 0.2) is 5.69 Å². The standard InChI is InChI=1S/C14H21N3O3/c1-14(20,10-5-3-2-4-6-10)9-17-12-8-15-11(7-16-12)13(18)19/h7-8,10,20H,2-6,9H2,1H3,(H,16,17)(H,18,19). The van der Waals surface area contributed by atoms with Crippen molar-refractivity contribution < 1.29 is 15.0 Å². The summed E-state index contributed by atoms with van der Waals surface area (Å²) < 4.78 is 0. The van der Waals surface area contributed by atoms with Crippen LogP contribution in [-0.4, -0.2) is 38.3 Å². The van der Waals surface area contributed by atoms with Gasteiger partial charge in [0.05, 0.1) is 18.0 Å². The highest BCUT2D eigenvalue weighted by Gasteiger charge is 2.32. The van der Waals surface area contributed by atoms with Crippen molar-refractivity contribution in [1.29, 1.82) is 0 Å². The molecule has 0 radical (unpaired) electrons. The van der Waals surface area contributed by atoms with E-state index in [1.54, 1.807) is 0 Å². The molecule has 6 heteroatoms. The van der Waals surface area contributed by atoms with Crippen molar-refractivity contribution in [3.05, 3.63) is 18.1 Å². The first-order valence-corrected chi connectivity index (χ1v) is 7.00. The molecular formula is C14H21N3O3. The van der Waals surface area contributed by atoms with E-state index in [1.807, 2.05) is 6.92 Å². The van der Waals surface area contributed by atoms with Gasteiger partial charge in [-0.1, -0.05) is 19.3 Å². The molecule has 0 aromatic carbocycles. The number of carboxylic acid groups (broad SMARTS) is 1. The highest BCUT2D eigenvalue weighted by atomic mass is 16.4. The Bertz CT molecular complexity index is 453. The zero-order valence-corrected chi connectivity index (χ0v) is 11.7. The van der Waals surface area contributed by atoms with Gasteiger partial charge in [-0.3, -0.25) is 0 Å². The van der Waals surface area contributed by atoms with Crippen molar-refractivity contribution in [2.45, 2.75) is 44.6 Å². The Labute approximate surface area is 118 Å². The van der Waals surface area contributed by atoms with Crippen molar-refractivity contribution in [3.63, 3.8) is 0 Å². The van der Waals surface area contributed by atoms with Gasteiger partial charge in [-0.05, 0) is 25.7 Å². The monoisotopic (exact) mass is 279 g/mol. The third-order valence-corrected chi connectivity index (χ3v) is 3.98. The molecule has 1 heterocycles. The first-order valence-electron chi connectivity index (χ1n) is 7.00. The summed E-state index contributed by atoms with van der Waals surface area (Å²) in [5, 5.41) is 22.3. The first-order chi connectivity index (χ1) is 9.49. The van der Waals surface area contributed by atoms with Crippen LogP contribution in [0.1, 0.15) is 49.5 Å². The van der Waals surface area contributed by atoms with Crippen LogP contribution < -0.4 is 5.32 Å². The minimum atomic E-state index is -1.10. The van der Waals surface area contributed by atoms with E-state index in [1.165, 1.54) is 31.7 Å². The summed E-state index contributed by atoms with van der Waals surface area (Å²) in [4.78, 5) is 18.4. The fourth-order valence-corrected chi connectivity index (χ4v) is 2.67. The Morgan fingerprint density at radius 1 is 1.35 bits per heavy atom. The van der Waals surface area contributed by atoms with Gasteiger partial charge in [0, 0.05) is 6.54 Å². The maximum absolute atomic E-state index is 10.7. The average Bonchev–Trinajstić information content (AvgIpc) is 2.46. The molecular weight excluding hydrogens is 258 g/mol. The van der Waals surface area contributed by atoms with E-state index in [2.05, 4.69) is 15.3 Å². The molecule has 2 rings (SSSR count). The smallest absolute Gasteiger partial charge is 0.356 e. The van der Waals surface area contributed by atoms with Crippen LogP contribution in [0.5, 0.6) is 0 Å².